The van der Waals surface area contributed by atoms with Crippen molar-refractivity contribution >= 4 is 33.2 Å². The van der Waals surface area contributed by atoms with E-state index in [1.165, 1.54) is 11.3 Å². The molecule has 1 saturated carbocycles. The summed E-state index contributed by atoms with van der Waals surface area (Å²) in [4.78, 5) is 13.7. The van der Waals surface area contributed by atoms with Crippen LogP contribution in [0, 0.1) is 12.8 Å². The van der Waals surface area contributed by atoms with E-state index in [2.05, 4.69) is 15.9 Å². The van der Waals surface area contributed by atoms with Crippen molar-refractivity contribution in [3.05, 3.63) is 20.3 Å². The van der Waals surface area contributed by atoms with Crippen LogP contribution >= 0.6 is 27.3 Å². The summed E-state index contributed by atoms with van der Waals surface area (Å²) < 4.78 is 38.9. The Morgan fingerprint density at radius 3 is 2.55 bits per heavy atom. The lowest BCUT2D eigenvalue weighted by Gasteiger charge is -2.29. The average Bonchev–Trinajstić information content (AvgIpc) is 3.11. The van der Waals surface area contributed by atoms with Gasteiger partial charge in [-0.2, -0.15) is 13.2 Å². The molecule has 1 fully saturated rings. The van der Waals surface area contributed by atoms with Crippen LogP contribution in [-0.2, 0) is 0 Å². The predicted molar refractivity (Wildman–Crippen MR) is 76.0 cm³/mol. The summed E-state index contributed by atoms with van der Waals surface area (Å²) in [5.41, 5.74) is 0.865. The van der Waals surface area contributed by atoms with Crippen molar-refractivity contribution in [3.8, 4) is 0 Å². The van der Waals surface area contributed by atoms with E-state index in [0.29, 0.717) is 4.88 Å². The zero-order valence-electron chi connectivity index (χ0n) is 11.1. The number of halogens is 4. The molecule has 1 amide bonds. The van der Waals surface area contributed by atoms with Crippen LogP contribution in [0.2, 0.25) is 0 Å². The molecule has 0 spiro atoms. The first-order valence-corrected chi connectivity index (χ1v) is 7.93. The first kappa shape index (κ1) is 15.8. The Labute approximate surface area is 128 Å². The molecule has 0 radical (unpaired) electrons. The van der Waals surface area contributed by atoms with Gasteiger partial charge in [-0.25, -0.2) is 0 Å². The van der Waals surface area contributed by atoms with Crippen molar-refractivity contribution in [2.45, 2.75) is 38.9 Å². The molecule has 1 aliphatic rings. The van der Waals surface area contributed by atoms with Gasteiger partial charge in [-0.05, 0) is 60.2 Å². The maximum Gasteiger partial charge on any atom is 0.406 e. The lowest BCUT2D eigenvalue weighted by Crippen LogP contribution is -2.45. The van der Waals surface area contributed by atoms with Crippen molar-refractivity contribution in [3.63, 3.8) is 0 Å². The summed E-state index contributed by atoms with van der Waals surface area (Å²) in [5, 5.41) is 0. The summed E-state index contributed by atoms with van der Waals surface area (Å²) in [6, 6.07) is 1.27. The Morgan fingerprint density at radius 2 is 2.15 bits per heavy atom. The van der Waals surface area contributed by atoms with Gasteiger partial charge < -0.3 is 4.90 Å². The maximum atomic E-state index is 12.7. The topological polar surface area (TPSA) is 20.3 Å². The highest BCUT2D eigenvalue weighted by molar-refractivity contribution is 9.11. The molecule has 1 heterocycles. The van der Waals surface area contributed by atoms with E-state index in [0.717, 1.165) is 27.1 Å². The monoisotopic (exact) mass is 369 g/mol. The van der Waals surface area contributed by atoms with Gasteiger partial charge in [-0.3, -0.25) is 4.79 Å². The quantitative estimate of drug-likeness (QED) is 0.757. The number of alkyl halides is 3. The minimum Gasteiger partial charge on any atom is -0.326 e. The van der Waals surface area contributed by atoms with Crippen LogP contribution in [0.1, 0.15) is 35.0 Å². The van der Waals surface area contributed by atoms with Gasteiger partial charge in [0.05, 0.1) is 8.66 Å². The number of thiophene rings is 1. The highest BCUT2D eigenvalue weighted by Gasteiger charge is 2.41. The van der Waals surface area contributed by atoms with Gasteiger partial charge in [0.2, 0.25) is 0 Å². The van der Waals surface area contributed by atoms with E-state index in [9.17, 15) is 18.0 Å². The van der Waals surface area contributed by atoms with Crippen molar-refractivity contribution in [2.75, 3.05) is 6.54 Å². The second-order valence-corrected chi connectivity index (χ2v) is 7.56. The largest absolute Gasteiger partial charge is 0.406 e. The summed E-state index contributed by atoms with van der Waals surface area (Å²) in [5.74, 6) is -0.327. The fourth-order valence-corrected chi connectivity index (χ4v) is 3.62. The minimum atomic E-state index is -4.37. The predicted octanol–water partition coefficient (Wildman–Crippen LogP) is 4.62. The minimum absolute atomic E-state index is 0.200. The van der Waals surface area contributed by atoms with E-state index in [1.54, 1.807) is 13.0 Å². The van der Waals surface area contributed by atoms with E-state index in [4.69, 9.17) is 0 Å². The van der Waals surface area contributed by atoms with E-state index in [1.807, 2.05) is 6.92 Å². The lowest BCUT2D eigenvalue weighted by atomic mass is 10.1. The van der Waals surface area contributed by atoms with Crippen molar-refractivity contribution in [1.29, 1.82) is 0 Å². The highest BCUT2D eigenvalue weighted by atomic mass is 79.9. The first-order valence-electron chi connectivity index (χ1n) is 6.32. The second-order valence-electron chi connectivity index (χ2n) is 5.19. The van der Waals surface area contributed by atoms with Crippen LogP contribution < -0.4 is 0 Å². The SMILES string of the molecule is Cc1cc(C(=O)N(CC(F)(F)F)C(C)C2CC2)sc1Br. The number of aryl methyl sites for hydroxylation is 1. The van der Waals surface area contributed by atoms with Gasteiger partial charge in [-0.1, -0.05) is 0 Å². The third-order valence-electron chi connectivity index (χ3n) is 3.47. The summed E-state index contributed by atoms with van der Waals surface area (Å²) in [6.45, 7) is 2.34. The molecule has 2 nitrogen and oxygen atoms in total. The van der Waals surface area contributed by atoms with Gasteiger partial charge in [0.15, 0.2) is 0 Å². The van der Waals surface area contributed by atoms with Crippen molar-refractivity contribution in [1.82, 2.24) is 4.90 Å². The Kier molecular flexibility index (Phi) is 4.49. The molecule has 20 heavy (non-hydrogen) atoms. The van der Waals surface area contributed by atoms with Gasteiger partial charge in [-0.15, -0.1) is 11.3 Å². The number of rotatable bonds is 4. The fraction of sp³-hybridized carbons (Fsp3) is 0.615. The molecule has 1 atom stereocenters. The van der Waals surface area contributed by atoms with Crippen molar-refractivity contribution in [2.24, 2.45) is 5.92 Å². The summed E-state index contributed by atoms with van der Waals surface area (Å²) in [7, 11) is 0. The molecule has 7 heteroatoms. The van der Waals surface area contributed by atoms with Crippen molar-refractivity contribution < 1.29 is 18.0 Å². The molecule has 1 unspecified atom stereocenters. The Morgan fingerprint density at radius 1 is 1.55 bits per heavy atom. The van der Waals surface area contributed by atoms with Gasteiger partial charge in [0.1, 0.15) is 6.54 Å². The average molecular weight is 370 g/mol. The van der Waals surface area contributed by atoms with Gasteiger partial charge >= 0.3 is 6.18 Å². The number of hydrogen-bond donors (Lipinski definition) is 0. The van der Waals surface area contributed by atoms with Gasteiger partial charge in [0, 0.05) is 6.04 Å². The normalized spacial score (nSPS) is 17.1. The van der Waals surface area contributed by atoms with Gasteiger partial charge in [0.25, 0.3) is 5.91 Å². The Bertz CT molecular complexity index is 491. The smallest absolute Gasteiger partial charge is 0.326 e. The second kappa shape index (κ2) is 5.67. The summed E-state index contributed by atoms with van der Waals surface area (Å²) >= 11 is 4.48. The Hall–Kier alpha value is -0.560. The maximum absolute atomic E-state index is 12.7. The zero-order chi connectivity index (χ0) is 15.1. The van der Waals surface area contributed by atoms with Crippen LogP contribution in [0.3, 0.4) is 0 Å². The van der Waals surface area contributed by atoms with Crippen LogP contribution in [0.15, 0.2) is 9.85 Å². The van der Waals surface area contributed by atoms with Crippen LogP contribution in [0.5, 0.6) is 0 Å². The molecule has 0 N–H and O–H groups in total. The molecule has 0 saturated heterocycles. The number of carbonyl (C=O) groups is 1. The van der Waals surface area contributed by atoms with Crippen LogP contribution in [0.4, 0.5) is 13.2 Å². The number of carbonyl (C=O) groups excluding carboxylic acids is 1. The first-order chi connectivity index (χ1) is 9.19. The van der Waals surface area contributed by atoms with E-state index in [-0.39, 0.29) is 12.0 Å². The molecule has 2 rings (SSSR count). The lowest BCUT2D eigenvalue weighted by molar-refractivity contribution is -0.144. The molecule has 112 valence electrons. The standard InChI is InChI=1S/C13H15BrF3NOS/c1-7-5-10(20-11(7)14)12(19)18(6-13(15,16)17)8(2)9-3-4-9/h5,8-9H,3-4,6H2,1-2H3. The molecule has 1 aliphatic carbocycles. The van der Waals surface area contributed by atoms with E-state index >= 15 is 0 Å². The fourth-order valence-electron chi connectivity index (χ4n) is 2.13. The molecule has 0 aromatic carbocycles. The molecule has 1 aromatic heterocycles. The zero-order valence-corrected chi connectivity index (χ0v) is 13.5. The summed E-state index contributed by atoms with van der Waals surface area (Å²) in [6.07, 6.45) is -2.58. The molecular weight excluding hydrogens is 355 g/mol. The van der Waals surface area contributed by atoms with Crippen LogP contribution in [0.25, 0.3) is 0 Å². The number of nitrogens with zero attached hydrogens (tertiary/aromatic N) is 1. The van der Waals surface area contributed by atoms with E-state index < -0.39 is 18.6 Å². The molecule has 1 aromatic rings. The third-order valence-corrected chi connectivity index (χ3v) is 5.60. The molecule has 0 bridgehead atoms. The third kappa shape index (κ3) is 3.75. The van der Waals surface area contributed by atoms with Crippen LogP contribution in [-0.4, -0.2) is 29.6 Å². The number of amides is 1. The molecule has 0 aliphatic heterocycles. The highest BCUT2D eigenvalue weighted by Crippen LogP contribution is 2.37. The number of hydrogen-bond acceptors (Lipinski definition) is 2. The molecular formula is C13H15BrF3NOS. The Balaban J connectivity index is 2.22.